The molecule has 3 aromatic rings. The van der Waals surface area contributed by atoms with Gasteiger partial charge in [0, 0.05) is 17.7 Å². The van der Waals surface area contributed by atoms with Gasteiger partial charge in [0.15, 0.2) is 5.69 Å². The van der Waals surface area contributed by atoms with E-state index in [0.29, 0.717) is 17.2 Å². The molecule has 0 radical (unpaired) electrons. The summed E-state index contributed by atoms with van der Waals surface area (Å²) < 4.78 is 24.2. The Balaban J connectivity index is 1.59. The van der Waals surface area contributed by atoms with Gasteiger partial charge in [-0.05, 0) is 49.2 Å². The summed E-state index contributed by atoms with van der Waals surface area (Å²) in [5.74, 6) is -0.209. The second-order valence-corrected chi connectivity index (χ2v) is 8.51. The second-order valence-electron chi connectivity index (χ2n) is 6.95. The molecular weight excluding hydrogens is 406 g/mol. The Morgan fingerprint density at radius 2 is 1.67 bits per heavy atom. The molecule has 2 aromatic carbocycles. The topological polar surface area (TPSA) is 136 Å². The first kappa shape index (κ1) is 19.8. The maximum atomic E-state index is 12.7. The van der Waals surface area contributed by atoms with Crippen LogP contribution in [0, 0.1) is 5.92 Å². The number of carbonyl (C=O) groups is 2. The van der Waals surface area contributed by atoms with Crippen LogP contribution in [0.2, 0.25) is 0 Å². The van der Waals surface area contributed by atoms with Gasteiger partial charge in [-0.25, -0.2) is 18.2 Å². The third-order valence-electron chi connectivity index (χ3n) is 4.58. The molecule has 4 N–H and O–H groups in total. The minimum atomic E-state index is -3.82. The summed E-state index contributed by atoms with van der Waals surface area (Å²) in [6, 6.07) is 16.1. The highest BCUT2D eigenvalue weighted by atomic mass is 32.2. The third kappa shape index (κ3) is 4.39. The van der Waals surface area contributed by atoms with Crippen LogP contribution in [0.25, 0.3) is 5.69 Å². The monoisotopic (exact) mass is 425 g/mol. The van der Waals surface area contributed by atoms with Gasteiger partial charge in [0.05, 0.1) is 10.6 Å². The Bertz CT molecular complexity index is 1200. The Kier molecular flexibility index (Phi) is 5.10. The molecule has 0 bridgehead atoms. The first-order valence-electron chi connectivity index (χ1n) is 9.22. The van der Waals surface area contributed by atoms with Crippen molar-refractivity contribution < 1.29 is 18.0 Å². The van der Waals surface area contributed by atoms with Crippen LogP contribution in [0.3, 0.4) is 0 Å². The molecule has 1 saturated carbocycles. The predicted molar refractivity (Wildman–Crippen MR) is 111 cm³/mol. The summed E-state index contributed by atoms with van der Waals surface area (Å²) >= 11 is 0. The van der Waals surface area contributed by atoms with Crippen molar-refractivity contribution in [3.8, 4) is 5.69 Å². The molecule has 2 amide bonds. The summed E-state index contributed by atoms with van der Waals surface area (Å²) in [4.78, 5) is 24.9. The minimum Gasteiger partial charge on any atom is -0.321 e. The fourth-order valence-corrected chi connectivity index (χ4v) is 3.36. The maximum Gasteiger partial charge on any atom is 0.276 e. The van der Waals surface area contributed by atoms with E-state index < -0.39 is 15.9 Å². The van der Waals surface area contributed by atoms with Crippen molar-refractivity contribution in [2.75, 3.05) is 10.6 Å². The number of hydrogen-bond acceptors (Lipinski definition) is 5. The van der Waals surface area contributed by atoms with Gasteiger partial charge in [-0.3, -0.25) is 9.59 Å². The fourth-order valence-electron chi connectivity index (χ4n) is 2.84. The van der Waals surface area contributed by atoms with Gasteiger partial charge < -0.3 is 10.6 Å². The number of rotatable bonds is 6. The van der Waals surface area contributed by atoms with Crippen molar-refractivity contribution in [2.24, 2.45) is 11.1 Å². The number of carbonyl (C=O) groups excluding carboxylic acids is 2. The molecule has 0 atom stereocenters. The van der Waals surface area contributed by atoms with E-state index in [4.69, 9.17) is 5.14 Å². The van der Waals surface area contributed by atoms with Crippen LogP contribution in [-0.2, 0) is 14.8 Å². The summed E-state index contributed by atoms with van der Waals surface area (Å²) in [5, 5.41) is 14.9. The van der Waals surface area contributed by atoms with Crippen molar-refractivity contribution in [1.82, 2.24) is 9.78 Å². The Morgan fingerprint density at radius 1 is 1.00 bits per heavy atom. The average molecular weight is 425 g/mol. The molecule has 0 saturated heterocycles. The number of sulfonamides is 1. The Hall–Kier alpha value is -3.50. The lowest BCUT2D eigenvalue weighted by Crippen LogP contribution is -2.16. The van der Waals surface area contributed by atoms with Crippen molar-refractivity contribution in [1.29, 1.82) is 0 Å². The number of anilines is 2. The van der Waals surface area contributed by atoms with Gasteiger partial charge in [-0.2, -0.15) is 5.10 Å². The lowest BCUT2D eigenvalue weighted by Gasteiger charge is -2.08. The molecule has 1 aliphatic carbocycles. The van der Waals surface area contributed by atoms with Crippen LogP contribution >= 0.6 is 0 Å². The van der Waals surface area contributed by atoms with E-state index >= 15 is 0 Å². The number of aromatic nitrogens is 2. The number of hydrogen-bond donors (Lipinski definition) is 3. The van der Waals surface area contributed by atoms with Crippen molar-refractivity contribution in [2.45, 2.75) is 17.7 Å². The molecule has 0 spiro atoms. The SMILES string of the molecule is NS(=O)(=O)c1ccc(NC(=O)c2cc(NC(=O)C3CC3)n(-c3ccccc3)n2)cc1. The number of nitrogens with zero attached hydrogens (tertiary/aromatic N) is 2. The largest absolute Gasteiger partial charge is 0.321 e. The molecule has 1 aromatic heterocycles. The molecule has 1 aliphatic rings. The molecule has 30 heavy (non-hydrogen) atoms. The minimum absolute atomic E-state index is 0.00117. The van der Waals surface area contributed by atoms with E-state index in [0.717, 1.165) is 12.8 Å². The summed E-state index contributed by atoms with van der Waals surface area (Å²) in [6.45, 7) is 0. The lowest BCUT2D eigenvalue weighted by molar-refractivity contribution is -0.117. The number of nitrogens with two attached hydrogens (primary N) is 1. The molecule has 154 valence electrons. The standard InChI is InChI=1S/C20H19N5O4S/c21-30(28,29)16-10-8-14(9-11-16)22-20(27)17-12-18(23-19(26)13-6-7-13)25(24-17)15-4-2-1-3-5-15/h1-5,8-13H,6-7H2,(H,22,27)(H,23,26)(H2,21,28,29). The molecule has 9 nitrogen and oxygen atoms in total. The Morgan fingerprint density at radius 3 is 2.27 bits per heavy atom. The van der Waals surface area contributed by atoms with E-state index in [1.165, 1.54) is 35.0 Å². The van der Waals surface area contributed by atoms with Crippen LogP contribution in [0.1, 0.15) is 23.3 Å². The van der Waals surface area contributed by atoms with Crippen LogP contribution in [0.15, 0.2) is 65.6 Å². The lowest BCUT2D eigenvalue weighted by atomic mass is 10.3. The zero-order valence-corrected chi connectivity index (χ0v) is 16.6. The number of para-hydroxylation sites is 1. The average Bonchev–Trinajstić information content (AvgIpc) is 3.49. The molecule has 0 aliphatic heterocycles. The zero-order valence-electron chi connectivity index (χ0n) is 15.8. The van der Waals surface area contributed by atoms with E-state index in [2.05, 4.69) is 15.7 Å². The molecule has 1 heterocycles. The smallest absolute Gasteiger partial charge is 0.276 e. The van der Waals surface area contributed by atoms with Crippen LogP contribution < -0.4 is 15.8 Å². The van der Waals surface area contributed by atoms with Gasteiger partial charge in [-0.1, -0.05) is 18.2 Å². The summed E-state index contributed by atoms with van der Waals surface area (Å²) in [5.41, 5.74) is 1.17. The predicted octanol–water partition coefficient (Wildman–Crippen LogP) is 2.12. The quantitative estimate of drug-likeness (QED) is 0.556. The third-order valence-corrected chi connectivity index (χ3v) is 5.51. The second kappa shape index (κ2) is 7.73. The van der Waals surface area contributed by atoms with Crippen molar-refractivity contribution in [3.05, 3.63) is 66.4 Å². The molecule has 1 fully saturated rings. The van der Waals surface area contributed by atoms with Gasteiger partial charge in [-0.15, -0.1) is 0 Å². The van der Waals surface area contributed by atoms with E-state index in [9.17, 15) is 18.0 Å². The molecule has 10 heteroatoms. The number of primary sulfonamides is 1. The Labute approximate surface area is 172 Å². The molecular formula is C20H19N5O4S. The van der Waals surface area contributed by atoms with Gasteiger partial charge in [0.25, 0.3) is 5.91 Å². The summed E-state index contributed by atoms with van der Waals surface area (Å²) in [6.07, 6.45) is 1.71. The first-order valence-corrected chi connectivity index (χ1v) is 10.8. The van der Waals surface area contributed by atoms with E-state index in [1.54, 1.807) is 0 Å². The highest BCUT2D eigenvalue weighted by Gasteiger charge is 2.30. The normalized spacial score (nSPS) is 13.6. The van der Waals surface area contributed by atoms with E-state index in [1.807, 2.05) is 30.3 Å². The van der Waals surface area contributed by atoms with Crippen LogP contribution in [0.4, 0.5) is 11.5 Å². The van der Waals surface area contributed by atoms with E-state index in [-0.39, 0.29) is 22.4 Å². The van der Waals surface area contributed by atoms with Gasteiger partial charge in [0.2, 0.25) is 15.9 Å². The van der Waals surface area contributed by atoms with Gasteiger partial charge in [0.1, 0.15) is 5.82 Å². The van der Waals surface area contributed by atoms with Crippen LogP contribution in [-0.4, -0.2) is 30.0 Å². The number of amides is 2. The highest BCUT2D eigenvalue weighted by molar-refractivity contribution is 7.89. The molecule has 4 rings (SSSR count). The number of nitrogens with one attached hydrogen (secondary N) is 2. The van der Waals surface area contributed by atoms with Crippen molar-refractivity contribution in [3.63, 3.8) is 0 Å². The first-order chi connectivity index (χ1) is 14.3. The zero-order chi connectivity index (χ0) is 21.3. The van der Waals surface area contributed by atoms with Crippen molar-refractivity contribution >= 4 is 33.3 Å². The van der Waals surface area contributed by atoms with Gasteiger partial charge >= 0.3 is 0 Å². The number of benzene rings is 2. The molecule has 0 unspecified atom stereocenters. The summed E-state index contributed by atoms with van der Waals surface area (Å²) in [7, 11) is -3.82. The fraction of sp³-hybridized carbons (Fsp3) is 0.150. The highest BCUT2D eigenvalue weighted by Crippen LogP contribution is 2.30. The van der Waals surface area contributed by atoms with Crippen LogP contribution in [0.5, 0.6) is 0 Å². The maximum absolute atomic E-state index is 12.7.